The van der Waals surface area contributed by atoms with Crippen molar-refractivity contribution >= 4 is 28.9 Å². The Morgan fingerprint density at radius 2 is 1.97 bits per heavy atom. The molecular formula is C23H35NO6S. The summed E-state index contributed by atoms with van der Waals surface area (Å²) in [5.41, 5.74) is -1.15. The monoisotopic (exact) mass is 453 g/mol. The smallest absolute Gasteiger partial charge is 0.348 e. The molecule has 2 heterocycles. The molecule has 7 nitrogen and oxygen atoms in total. The van der Waals surface area contributed by atoms with Gasteiger partial charge in [-0.3, -0.25) is 4.79 Å². The van der Waals surface area contributed by atoms with Crippen LogP contribution in [0.15, 0.2) is 6.07 Å². The van der Waals surface area contributed by atoms with E-state index in [4.69, 9.17) is 4.74 Å². The summed E-state index contributed by atoms with van der Waals surface area (Å²) < 4.78 is 6.04. The topological polar surface area (TPSA) is 107 Å². The molecule has 174 valence electrons. The number of thiophene rings is 1. The molecule has 1 unspecified atom stereocenters. The van der Waals surface area contributed by atoms with E-state index < -0.39 is 24.3 Å². The highest BCUT2D eigenvalue weighted by Crippen LogP contribution is 2.43. The van der Waals surface area contributed by atoms with E-state index in [9.17, 15) is 24.9 Å². The van der Waals surface area contributed by atoms with Gasteiger partial charge in [0, 0.05) is 11.3 Å². The molecular weight excluding hydrogens is 418 g/mol. The first-order chi connectivity index (χ1) is 14.5. The molecule has 2 aliphatic rings. The van der Waals surface area contributed by atoms with Gasteiger partial charge in [-0.1, -0.05) is 40.0 Å². The molecule has 1 amide bonds. The molecule has 3 N–H and O–H groups in total. The number of carboxylic acid groups (broad SMARTS) is 1. The number of hydrogen-bond donors (Lipinski definition) is 3. The molecule has 0 spiro atoms. The Hall–Kier alpha value is -1.48. The Bertz CT molecular complexity index is 809. The normalized spacial score (nSPS) is 26.8. The summed E-state index contributed by atoms with van der Waals surface area (Å²) in [5, 5.41) is 29.3. The van der Waals surface area contributed by atoms with Crippen molar-refractivity contribution in [3.05, 3.63) is 15.8 Å². The largest absolute Gasteiger partial charge is 0.477 e. The van der Waals surface area contributed by atoms with E-state index in [0.29, 0.717) is 5.69 Å². The van der Waals surface area contributed by atoms with Crippen LogP contribution < -0.4 is 4.90 Å². The predicted molar refractivity (Wildman–Crippen MR) is 120 cm³/mol. The highest BCUT2D eigenvalue weighted by atomic mass is 32.1. The average molecular weight is 454 g/mol. The van der Waals surface area contributed by atoms with Crippen molar-refractivity contribution in [3.8, 4) is 0 Å². The van der Waals surface area contributed by atoms with E-state index in [2.05, 4.69) is 0 Å². The lowest BCUT2D eigenvalue weighted by Gasteiger charge is -2.48. The third-order valence-corrected chi connectivity index (χ3v) is 8.05. The molecule has 2 fully saturated rings. The number of aromatic carboxylic acids is 1. The molecule has 1 saturated heterocycles. The maximum absolute atomic E-state index is 13.8. The van der Waals surface area contributed by atoms with E-state index in [1.807, 2.05) is 26.8 Å². The van der Waals surface area contributed by atoms with Crippen molar-refractivity contribution in [2.75, 3.05) is 18.1 Å². The first-order valence-corrected chi connectivity index (χ1v) is 11.9. The Morgan fingerprint density at radius 3 is 2.52 bits per heavy atom. The summed E-state index contributed by atoms with van der Waals surface area (Å²) in [6.45, 7) is 7.51. The number of hydrogen-bond acceptors (Lipinski definition) is 6. The summed E-state index contributed by atoms with van der Waals surface area (Å²) in [7, 11) is 0. The van der Waals surface area contributed by atoms with Crippen LogP contribution in [0.25, 0.3) is 0 Å². The number of nitrogens with zero attached hydrogens (tertiary/aromatic N) is 1. The number of aliphatic hydroxyl groups is 2. The first-order valence-electron chi connectivity index (χ1n) is 11.1. The minimum Gasteiger partial charge on any atom is -0.477 e. The number of amides is 1. The number of anilines is 1. The van der Waals surface area contributed by atoms with Crippen LogP contribution in [0.2, 0.25) is 0 Å². The van der Waals surface area contributed by atoms with Crippen molar-refractivity contribution < 1.29 is 29.6 Å². The molecule has 8 heteroatoms. The number of morpholine rings is 1. The molecule has 3 atom stereocenters. The van der Waals surface area contributed by atoms with Crippen LogP contribution in [0, 0.1) is 5.92 Å². The van der Waals surface area contributed by atoms with Gasteiger partial charge in [-0.15, -0.1) is 11.3 Å². The lowest BCUT2D eigenvalue weighted by Crippen LogP contribution is -2.63. The van der Waals surface area contributed by atoms with Gasteiger partial charge >= 0.3 is 5.97 Å². The van der Waals surface area contributed by atoms with Crippen LogP contribution in [0.3, 0.4) is 0 Å². The van der Waals surface area contributed by atoms with Crippen LogP contribution >= 0.6 is 11.3 Å². The van der Waals surface area contributed by atoms with Gasteiger partial charge in [0.15, 0.2) is 0 Å². The van der Waals surface area contributed by atoms with E-state index in [-0.39, 0.29) is 41.2 Å². The number of carbonyl (C=O) groups is 2. The molecule has 0 radical (unpaired) electrons. The van der Waals surface area contributed by atoms with E-state index in [0.717, 1.165) is 30.6 Å². The van der Waals surface area contributed by atoms with Gasteiger partial charge in [0.25, 0.3) is 5.91 Å². The van der Waals surface area contributed by atoms with E-state index >= 15 is 0 Å². The van der Waals surface area contributed by atoms with Crippen molar-refractivity contribution in [1.82, 2.24) is 0 Å². The van der Waals surface area contributed by atoms with Crippen LogP contribution in [-0.4, -0.2) is 58.2 Å². The fraction of sp³-hybridized carbons (Fsp3) is 0.739. The second-order valence-electron chi connectivity index (χ2n) is 10.1. The second kappa shape index (κ2) is 9.17. The minimum atomic E-state index is -1.33. The molecule has 0 aromatic carbocycles. The quantitative estimate of drug-likeness (QED) is 0.608. The number of ether oxygens (including phenoxy) is 1. The Labute approximate surface area is 188 Å². The van der Waals surface area contributed by atoms with Crippen molar-refractivity contribution in [3.63, 3.8) is 0 Å². The summed E-state index contributed by atoms with van der Waals surface area (Å²) >= 11 is 1.21. The fourth-order valence-electron chi connectivity index (χ4n) is 4.71. The Kier molecular flexibility index (Phi) is 7.15. The molecule has 1 aliphatic heterocycles. The third-order valence-electron chi connectivity index (χ3n) is 6.51. The number of carbonyl (C=O) groups excluding carboxylic acids is 1. The highest BCUT2D eigenvalue weighted by molar-refractivity contribution is 7.14. The lowest BCUT2D eigenvalue weighted by atomic mass is 9.81. The van der Waals surface area contributed by atoms with Gasteiger partial charge in [0.2, 0.25) is 0 Å². The molecule has 1 aromatic rings. The zero-order valence-corrected chi connectivity index (χ0v) is 19.7. The van der Waals surface area contributed by atoms with Gasteiger partial charge in [0.1, 0.15) is 10.5 Å². The average Bonchev–Trinajstić information content (AvgIpc) is 3.16. The summed E-state index contributed by atoms with van der Waals surface area (Å²) in [4.78, 5) is 28.7. The zero-order valence-electron chi connectivity index (χ0n) is 18.9. The first kappa shape index (κ1) is 24.2. The Morgan fingerprint density at radius 1 is 1.32 bits per heavy atom. The number of rotatable bonds is 6. The van der Waals surface area contributed by atoms with Gasteiger partial charge in [-0.25, -0.2) is 4.79 Å². The maximum Gasteiger partial charge on any atom is 0.348 e. The number of carboxylic acids is 1. The van der Waals surface area contributed by atoms with Gasteiger partial charge < -0.3 is 25.0 Å². The van der Waals surface area contributed by atoms with Crippen molar-refractivity contribution in [2.24, 2.45) is 5.92 Å². The second-order valence-corrected chi connectivity index (χ2v) is 11.2. The zero-order chi connectivity index (χ0) is 23.0. The van der Waals surface area contributed by atoms with E-state index in [1.165, 1.54) is 17.8 Å². The number of aliphatic hydroxyl groups excluding tert-OH is 2. The molecule has 1 saturated carbocycles. The SMILES string of the molecule is CC(C)(C)c1cc(N2C(=O)[C@@](C)(CC(O)CO)OC[C@H]2C2CCCCC2)c(C(=O)O)s1. The molecule has 3 rings (SSSR count). The van der Waals surface area contributed by atoms with Gasteiger partial charge in [-0.2, -0.15) is 0 Å². The molecule has 1 aliphatic carbocycles. The standard InChI is InChI=1S/C23H35NO6S/c1-22(2,3)18-10-16(19(31-18)20(27)28)24-17(14-8-6-5-7-9-14)13-30-23(4,21(24)29)11-15(26)12-25/h10,14-15,17,25-26H,5-9,11-13H2,1-4H3,(H,27,28)/t15?,17-,23+/m0/s1. The molecule has 1 aromatic heterocycles. The maximum atomic E-state index is 13.8. The third kappa shape index (κ3) is 4.97. The lowest BCUT2D eigenvalue weighted by molar-refractivity contribution is -0.158. The predicted octanol–water partition coefficient (Wildman–Crippen LogP) is 3.56. The van der Waals surface area contributed by atoms with Crippen LogP contribution in [-0.2, 0) is 14.9 Å². The van der Waals surface area contributed by atoms with Crippen LogP contribution in [0.5, 0.6) is 0 Å². The van der Waals surface area contributed by atoms with Crippen molar-refractivity contribution in [2.45, 2.75) is 89.4 Å². The summed E-state index contributed by atoms with van der Waals surface area (Å²) in [6.07, 6.45) is 4.17. The fourth-order valence-corrected chi connectivity index (χ4v) is 5.75. The molecule has 31 heavy (non-hydrogen) atoms. The van der Waals surface area contributed by atoms with Crippen LogP contribution in [0.1, 0.15) is 80.8 Å². The van der Waals surface area contributed by atoms with Gasteiger partial charge in [0.05, 0.1) is 31.0 Å². The Balaban J connectivity index is 2.08. The van der Waals surface area contributed by atoms with E-state index in [1.54, 1.807) is 11.8 Å². The van der Waals surface area contributed by atoms with Gasteiger partial charge in [-0.05, 0) is 37.2 Å². The molecule has 0 bridgehead atoms. The summed E-state index contributed by atoms with van der Waals surface area (Å²) in [5.74, 6) is -1.15. The van der Waals surface area contributed by atoms with Crippen molar-refractivity contribution in [1.29, 1.82) is 0 Å². The highest BCUT2D eigenvalue weighted by Gasteiger charge is 2.50. The summed E-state index contributed by atoms with van der Waals surface area (Å²) in [6, 6.07) is 1.60. The van der Waals surface area contributed by atoms with Crippen LogP contribution in [0.4, 0.5) is 5.69 Å². The minimum absolute atomic E-state index is 0.0467.